The monoisotopic (exact) mass is 244 g/mol. The molecule has 0 spiro atoms. The first-order valence-electron chi connectivity index (χ1n) is 5.43. The zero-order valence-corrected chi connectivity index (χ0v) is 10.2. The van der Waals surface area contributed by atoms with E-state index >= 15 is 0 Å². The number of para-hydroxylation sites is 1. The average molecular weight is 244 g/mol. The van der Waals surface area contributed by atoms with Gasteiger partial charge < -0.3 is 5.11 Å². The predicted octanol–water partition coefficient (Wildman–Crippen LogP) is 2.89. The van der Waals surface area contributed by atoms with Crippen LogP contribution in [0, 0.1) is 6.92 Å². The molecule has 4 heteroatoms. The van der Waals surface area contributed by atoms with E-state index in [1.165, 1.54) is 4.70 Å². The van der Waals surface area contributed by atoms with Crippen molar-refractivity contribution in [2.45, 2.75) is 13.5 Å². The van der Waals surface area contributed by atoms with E-state index < -0.39 is 0 Å². The van der Waals surface area contributed by atoms with Crippen LogP contribution in [0.3, 0.4) is 0 Å². The Bertz CT molecular complexity index is 636. The molecule has 0 radical (unpaired) electrons. The first kappa shape index (κ1) is 10.5. The molecule has 0 saturated heterocycles. The van der Waals surface area contributed by atoms with E-state index in [-0.39, 0.29) is 6.61 Å². The largest absolute Gasteiger partial charge is 0.390 e. The van der Waals surface area contributed by atoms with Crippen LogP contribution in [-0.4, -0.2) is 14.7 Å². The lowest BCUT2D eigenvalue weighted by Crippen LogP contribution is -2.00. The Kier molecular flexibility index (Phi) is 2.46. The third kappa shape index (κ3) is 1.66. The molecule has 0 fully saturated rings. The maximum Gasteiger partial charge on any atom is 0.195 e. The summed E-state index contributed by atoms with van der Waals surface area (Å²) < 4.78 is 3.17. The fourth-order valence-corrected chi connectivity index (χ4v) is 3.00. The van der Waals surface area contributed by atoms with E-state index in [2.05, 4.69) is 11.1 Å². The second kappa shape index (κ2) is 3.98. The van der Waals surface area contributed by atoms with Crippen molar-refractivity contribution < 1.29 is 5.11 Å². The van der Waals surface area contributed by atoms with Gasteiger partial charge in [0.1, 0.15) is 0 Å². The van der Waals surface area contributed by atoms with E-state index in [0.29, 0.717) is 0 Å². The standard InChI is InChI=1S/C13H12N2OS/c1-9-6-7-10(8-16)15(9)13-14-11-4-2-3-5-12(11)17-13/h2-7,16H,8H2,1H3. The highest BCUT2D eigenvalue weighted by Gasteiger charge is 2.10. The summed E-state index contributed by atoms with van der Waals surface area (Å²) in [5.41, 5.74) is 2.97. The minimum atomic E-state index is 0.0315. The van der Waals surface area contributed by atoms with Crippen LogP contribution in [0.1, 0.15) is 11.4 Å². The number of nitrogens with zero attached hydrogens (tertiary/aromatic N) is 2. The Labute approximate surface area is 103 Å². The number of hydrogen-bond donors (Lipinski definition) is 1. The zero-order chi connectivity index (χ0) is 11.8. The number of rotatable bonds is 2. The fourth-order valence-electron chi connectivity index (χ4n) is 1.95. The maximum atomic E-state index is 9.32. The molecule has 1 N–H and O–H groups in total. The number of thiazole rings is 1. The Hall–Kier alpha value is -1.65. The van der Waals surface area contributed by atoms with Gasteiger partial charge in [0, 0.05) is 5.69 Å². The number of hydrogen-bond acceptors (Lipinski definition) is 3. The lowest BCUT2D eigenvalue weighted by atomic mass is 10.3. The molecule has 2 aromatic heterocycles. The highest BCUT2D eigenvalue weighted by atomic mass is 32.1. The second-order valence-corrected chi connectivity index (χ2v) is 4.93. The van der Waals surface area contributed by atoms with E-state index in [1.54, 1.807) is 11.3 Å². The molecule has 86 valence electrons. The fraction of sp³-hybridized carbons (Fsp3) is 0.154. The Balaban J connectivity index is 2.23. The molecule has 0 saturated carbocycles. The normalized spacial score (nSPS) is 11.2. The highest BCUT2D eigenvalue weighted by molar-refractivity contribution is 7.20. The molecule has 0 aliphatic heterocycles. The lowest BCUT2D eigenvalue weighted by Gasteiger charge is -2.05. The number of benzene rings is 1. The third-order valence-corrected chi connectivity index (χ3v) is 3.81. The van der Waals surface area contributed by atoms with Gasteiger partial charge >= 0.3 is 0 Å². The predicted molar refractivity (Wildman–Crippen MR) is 69.6 cm³/mol. The van der Waals surface area contributed by atoms with Gasteiger partial charge in [0.05, 0.1) is 22.5 Å². The molecule has 3 rings (SSSR count). The van der Waals surface area contributed by atoms with Gasteiger partial charge in [-0.15, -0.1) is 0 Å². The highest BCUT2D eigenvalue weighted by Crippen LogP contribution is 2.27. The van der Waals surface area contributed by atoms with Crippen molar-refractivity contribution in [2.75, 3.05) is 0 Å². The summed E-state index contributed by atoms with van der Waals surface area (Å²) in [7, 11) is 0. The molecular formula is C13H12N2OS. The summed E-state index contributed by atoms with van der Waals surface area (Å²) in [6.07, 6.45) is 0. The molecule has 0 aliphatic rings. The second-order valence-electron chi connectivity index (χ2n) is 3.92. The number of aliphatic hydroxyl groups is 1. The van der Waals surface area contributed by atoms with Crippen LogP contribution in [0.4, 0.5) is 0 Å². The third-order valence-electron chi connectivity index (χ3n) is 2.79. The summed E-state index contributed by atoms with van der Waals surface area (Å²) in [5, 5.41) is 10.2. The number of aryl methyl sites for hydroxylation is 1. The van der Waals surface area contributed by atoms with Crippen molar-refractivity contribution in [3.63, 3.8) is 0 Å². The summed E-state index contributed by atoms with van der Waals surface area (Å²) >= 11 is 1.64. The molecule has 1 aromatic carbocycles. The first-order chi connectivity index (χ1) is 8.29. The molecule has 0 unspecified atom stereocenters. The number of aliphatic hydroxyl groups excluding tert-OH is 1. The SMILES string of the molecule is Cc1ccc(CO)n1-c1nc2ccccc2s1. The Morgan fingerprint density at radius 3 is 2.82 bits per heavy atom. The van der Waals surface area contributed by atoms with Gasteiger partial charge in [-0.05, 0) is 31.2 Å². The Morgan fingerprint density at radius 1 is 1.24 bits per heavy atom. The zero-order valence-electron chi connectivity index (χ0n) is 9.42. The van der Waals surface area contributed by atoms with Crippen LogP contribution in [0.5, 0.6) is 0 Å². The molecule has 3 nitrogen and oxygen atoms in total. The summed E-state index contributed by atoms with van der Waals surface area (Å²) in [4.78, 5) is 4.60. The molecule has 0 aliphatic carbocycles. The van der Waals surface area contributed by atoms with Crippen molar-refractivity contribution in [1.82, 2.24) is 9.55 Å². The minimum Gasteiger partial charge on any atom is -0.390 e. The van der Waals surface area contributed by atoms with Crippen molar-refractivity contribution in [2.24, 2.45) is 0 Å². The smallest absolute Gasteiger partial charge is 0.195 e. The van der Waals surface area contributed by atoms with Crippen LogP contribution >= 0.6 is 11.3 Å². The van der Waals surface area contributed by atoms with E-state index in [4.69, 9.17) is 0 Å². The van der Waals surface area contributed by atoms with Gasteiger partial charge in [-0.25, -0.2) is 4.98 Å². The molecule has 3 aromatic rings. The molecule has 0 amide bonds. The lowest BCUT2D eigenvalue weighted by molar-refractivity contribution is 0.274. The van der Waals surface area contributed by atoms with Gasteiger partial charge in [0.15, 0.2) is 5.13 Å². The Morgan fingerprint density at radius 2 is 2.06 bits per heavy atom. The van der Waals surface area contributed by atoms with Crippen LogP contribution in [0.15, 0.2) is 36.4 Å². The summed E-state index contributed by atoms with van der Waals surface area (Å²) in [6.45, 7) is 2.05. The van der Waals surface area contributed by atoms with Crippen LogP contribution in [0.25, 0.3) is 15.3 Å². The number of aromatic nitrogens is 2. The molecule has 2 heterocycles. The van der Waals surface area contributed by atoms with E-state index in [0.717, 1.165) is 22.0 Å². The van der Waals surface area contributed by atoms with Crippen LogP contribution in [0.2, 0.25) is 0 Å². The maximum absolute atomic E-state index is 9.32. The van der Waals surface area contributed by atoms with Gasteiger partial charge in [-0.3, -0.25) is 4.57 Å². The van der Waals surface area contributed by atoms with Crippen molar-refractivity contribution in [1.29, 1.82) is 0 Å². The van der Waals surface area contributed by atoms with Gasteiger partial charge in [0.25, 0.3) is 0 Å². The first-order valence-corrected chi connectivity index (χ1v) is 6.25. The molecular weight excluding hydrogens is 232 g/mol. The van der Waals surface area contributed by atoms with Gasteiger partial charge in [-0.2, -0.15) is 0 Å². The molecule has 17 heavy (non-hydrogen) atoms. The minimum absolute atomic E-state index is 0.0315. The van der Waals surface area contributed by atoms with Crippen LogP contribution in [-0.2, 0) is 6.61 Å². The van der Waals surface area contributed by atoms with Crippen LogP contribution < -0.4 is 0 Å². The van der Waals surface area contributed by atoms with Crippen molar-refractivity contribution >= 4 is 21.6 Å². The average Bonchev–Trinajstić information content (AvgIpc) is 2.91. The van der Waals surface area contributed by atoms with Gasteiger partial charge in [0.2, 0.25) is 0 Å². The van der Waals surface area contributed by atoms with Gasteiger partial charge in [-0.1, -0.05) is 23.5 Å². The summed E-state index contributed by atoms with van der Waals surface area (Å²) in [5.74, 6) is 0. The molecule has 0 atom stereocenters. The van der Waals surface area contributed by atoms with E-state index in [9.17, 15) is 5.11 Å². The van der Waals surface area contributed by atoms with Crippen molar-refractivity contribution in [3.05, 3.63) is 47.8 Å². The quantitative estimate of drug-likeness (QED) is 0.752. The van der Waals surface area contributed by atoms with Crippen molar-refractivity contribution in [3.8, 4) is 5.13 Å². The van der Waals surface area contributed by atoms with E-state index in [1.807, 2.05) is 41.8 Å². The summed E-state index contributed by atoms with van der Waals surface area (Å²) in [6, 6.07) is 12.0. The topological polar surface area (TPSA) is 38.0 Å². The molecule has 0 bridgehead atoms. The number of fused-ring (bicyclic) bond motifs is 1.